The molecule has 0 aliphatic carbocycles. The molecule has 5 nitrogen and oxygen atoms in total. The van der Waals surface area contributed by atoms with Crippen LogP contribution in [0.2, 0.25) is 0 Å². The summed E-state index contributed by atoms with van der Waals surface area (Å²) in [6.45, 7) is 3.45. The fraction of sp³-hybridized carbons (Fsp3) is 0.625. The van der Waals surface area contributed by atoms with Gasteiger partial charge < -0.3 is 13.8 Å². The minimum absolute atomic E-state index is 0.223. The summed E-state index contributed by atoms with van der Waals surface area (Å²) in [6.07, 6.45) is 1.11. The first kappa shape index (κ1) is 13.4. The summed E-state index contributed by atoms with van der Waals surface area (Å²) in [6, 6.07) is 0. The molecular formula is C8H15O5P. The molecule has 0 aliphatic rings. The molecule has 0 fully saturated rings. The molecule has 82 valence electrons. The second-order valence-electron chi connectivity index (χ2n) is 2.40. The van der Waals surface area contributed by atoms with E-state index in [1.165, 1.54) is 21.1 Å². The van der Waals surface area contributed by atoms with Crippen LogP contribution in [0.1, 0.15) is 13.8 Å². The van der Waals surface area contributed by atoms with Crippen LogP contribution in [0.5, 0.6) is 0 Å². The lowest BCUT2D eigenvalue weighted by Gasteiger charge is -2.13. The van der Waals surface area contributed by atoms with Crippen LogP contribution in [0, 0.1) is 0 Å². The number of hydrogen-bond donors (Lipinski definition) is 0. The highest BCUT2D eigenvalue weighted by Crippen LogP contribution is 2.54. The Bertz CT molecular complexity index is 263. The average molecular weight is 222 g/mol. The number of carbonyl (C=O) groups excluding carboxylic acids is 1. The molecule has 0 atom stereocenters. The molecule has 14 heavy (non-hydrogen) atoms. The predicted molar refractivity (Wildman–Crippen MR) is 52.0 cm³/mol. The third-order valence-electron chi connectivity index (χ3n) is 1.53. The van der Waals surface area contributed by atoms with Crippen LogP contribution in [0.25, 0.3) is 0 Å². The van der Waals surface area contributed by atoms with Gasteiger partial charge in [0.25, 0.3) is 0 Å². The SMILES string of the molecule is CCOC(=O)/C=C(/C)P(=O)(OC)OC. The summed E-state index contributed by atoms with van der Waals surface area (Å²) in [5.41, 5.74) is 0. The number of hydrogen-bond acceptors (Lipinski definition) is 5. The first-order chi connectivity index (χ1) is 6.50. The third-order valence-corrected chi connectivity index (χ3v) is 3.48. The molecule has 0 aliphatic heterocycles. The van der Waals surface area contributed by atoms with Crippen molar-refractivity contribution in [3.05, 3.63) is 11.4 Å². The molecule has 0 heterocycles. The van der Waals surface area contributed by atoms with Gasteiger partial charge in [-0.2, -0.15) is 0 Å². The predicted octanol–water partition coefficient (Wildman–Crippen LogP) is 1.94. The van der Waals surface area contributed by atoms with Gasteiger partial charge in [0, 0.05) is 25.6 Å². The zero-order valence-electron chi connectivity index (χ0n) is 8.77. The van der Waals surface area contributed by atoms with E-state index in [4.69, 9.17) is 0 Å². The number of rotatable bonds is 5. The van der Waals surface area contributed by atoms with Crippen molar-refractivity contribution in [3.63, 3.8) is 0 Å². The van der Waals surface area contributed by atoms with Gasteiger partial charge in [0.15, 0.2) is 0 Å². The summed E-state index contributed by atoms with van der Waals surface area (Å²) < 4.78 is 25.7. The molecule has 0 spiro atoms. The second kappa shape index (κ2) is 5.96. The van der Waals surface area contributed by atoms with Gasteiger partial charge in [-0.05, 0) is 13.8 Å². The first-order valence-electron chi connectivity index (χ1n) is 4.07. The normalized spacial score (nSPS) is 12.7. The van der Waals surface area contributed by atoms with Gasteiger partial charge in [-0.3, -0.25) is 4.57 Å². The minimum atomic E-state index is -3.29. The van der Waals surface area contributed by atoms with Crippen molar-refractivity contribution in [1.82, 2.24) is 0 Å². The van der Waals surface area contributed by atoms with E-state index in [-0.39, 0.29) is 11.9 Å². The van der Waals surface area contributed by atoms with Crippen molar-refractivity contribution < 1.29 is 23.1 Å². The van der Waals surface area contributed by atoms with Crippen LogP contribution in [0.4, 0.5) is 0 Å². The molecule has 0 amide bonds. The summed E-state index contributed by atoms with van der Waals surface area (Å²) in [4.78, 5) is 11.0. The summed E-state index contributed by atoms with van der Waals surface area (Å²) >= 11 is 0. The number of ether oxygens (including phenoxy) is 1. The Morgan fingerprint density at radius 1 is 1.36 bits per heavy atom. The largest absolute Gasteiger partial charge is 0.463 e. The maximum Gasteiger partial charge on any atom is 0.356 e. The molecule has 0 radical (unpaired) electrons. The van der Waals surface area contributed by atoms with E-state index in [0.717, 1.165) is 6.08 Å². The van der Waals surface area contributed by atoms with E-state index in [1.807, 2.05) is 0 Å². The highest BCUT2D eigenvalue weighted by molar-refractivity contribution is 7.58. The van der Waals surface area contributed by atoms with Crippen molar-refractivity contribution in [1.29, 1.82) is 0 Å². The topological polar surface area (TPSA) is 61.8 Å². The lowest BCUT2D eigenvalue weighted by Crippen LogP contribution is -2.01. The smallest absolute Gasteiger partial charge is 0.356 e. The van der Waals surface area contributed by atoms with Crippen molar-refractivity contribution in [2.24, 2.45) is 0 Å². The van der Waals surface area contributed by atoms with Gasteiger partial charge in [0.1, 0.15) is 0 Å². The Morgan fingerprint density at radius 2 is 1.86 bits per heavy atom. The van der Waals surface area contributed by atoms with Crippen molar-refractivity contribution in [2.75, 3.05) is 20.8 Å². The van der Waals surface area contributed by atoms with E-state index < -0.39 is 13.6 Å². The van der Waals surface area contributed by atoms with Gasteiger partial charge in [0.05, 0.1) is 6.61 Å². The maximum atomic E-state index is 11.7. The zero-order chi connectivity index (χ0) is 11.2. The lowest BCUT2D eigenvalue weighted by molar-refractivity contribution is -0.137. The summed E-state index contributed by atoms with van der Waals surface area (Å²) in [5.74, 6) is -0.556. The van der Waals surface area contributed by atoms with Gasteiger partial charge in [-0.1, -0.05) is 0 Å². The number of allylic oxidation sites excluding steroid dienone is 1. The second-order valence-corrected chi connectivity index (χ2v) is 4.83. The first-order valence-corrected chi connectivity index (χ1v) is 5.61. The van der Waals surface area contributed by atoms with Crippen molar-refractivity contribution >= 4 is 13.6 Å². The Kier molecular flexibility index (Phi) is 5.69. The number of carbonyl (C=O) groups is 1. The Balaban J connectivity index is 4.66. The van der Waals surface area contributed by atoms with Gasteiger partial charge in [-0.15, -0.1) is 0 Å². The third kappa shape index (κ3) is 3.62. The van der Waals surface area contributed by atoms with Crippen LogP contribution >= 0.6 is 7.60 Å². The maximum absolute atomic E-state index is 11.7. The number of esters is 1. The molecule has 0 aromatic rings. The van der Waals surface area contributed by atoms with Crippen LogP contribution in [0.15, 0.2) is 11.4 Å². The molecule has 0 N–H and O–H groups in total. The van der Waals surface area contributed by atoms with Crippen molar-refractivity contribution in [2.45, 2.75) is 13.8 Å². The van der Waals surface area contributed by atoms with Crippen LogP contribution in [-0.4, -0.2) is 26.8 Å². The van der Waals surface area contributed by atoms with Crippen LogP contribution < -0.4 is 0 Å². The quantitative estimate of drug-likeness (QED) is 0.404. The molecule has 0 aromatic heterocycles. The van der Waals surface area contributed by atoms with Gasteiger partial charge in [-0.25, -0.2) is 4.79 Å². The molecule has 0 saturated carbocycles. The molecule has 0 unspecified atom stereocenters. The lowest BCUT2D eigenvalue weighted by atomic mass is 10.5. The monoisotopic (exact) mass is 222 g/mol. The zero-order valence-corrected chi connectivity index (χ0v) is 9.67. The van der Waals surface area contributed by atoms with Gasteiger partial charge in [0.2, 0.25) is 0 Å². The molecule has 0 saturated heterocycles. The Hall–Kier alpha value is -0.640. The van der Waals surface area contributed by atoms with Gasteiger partial charge >= 0.3 is 13.6 Å². The fourth-order valence-electron chi connectivity index (χ4n) is 0.796. The molecular weight excluding hydrogens is 207 g/mol. The fourth-order valence-corrected chi connectivity index (χ4v) is 1.78. The highest BCUT2D eigenvalue weighted by atomic mass is 31.2. The van der Waals surface area contributed by atoms with E-state index >= 15 is 0 Å². The van der Waals surface area contributed by atoms with E-state index in [2.05, 4.69) is 13.8 Å². The van der Waals surface area contributed by atoms with E-state index in [9.17, 15) is 9.36 Å². The summed E-state index contributed by atoms with van der Waals surface area (Å²) in [7, 11) is -0.776. The van der Waals surface area contributed by atoms with Crippen molar-refractivity contribution in [3.8, 4) is 0 Å². The van der Waals surface area contributed by atoms with Crippen LogP contribution in [-0.2, 0) is 23.1 Å². The van der Waals surface area contributed by atoms with E-state index in [1.54, 1.807) is 6.92 Å². The molecule has 0 rings (SSSR count). The molecule has 6 heteroatoms. The Morgan fingerprint density at radius 3 is 2.21 bits per heavy atom. The standard InChI is InChI=1S/C8H15O5P/c1-5-13-8(9)6-7(2)14(10,11-3)12-4/h6H,5H2,1-4H3/b7-6-. The minimum Gasteiger partial charge on any atom is -0.463 e. The average Bonchev–Trinajstić information content (AvgIpc) is 2.16. The molecule has 0 bridgehead atoms. The van der Waals surface area contributed by atoms with Crippen LogP contribution in [0.3, 0.4) is 0 Å². The van der Waals surface area contributed by atoms with E-state index in [0.29, 0.717) is 0 Å². The highest BCUT2D eigenvalue weighted by Gasteiger charge is 2.24. The summed E-state index contributed by atoms with van der Waals surface area (Å²) in [5, 5.41) is 0.223. The molecule has 0 aromatic carbocycles. The Labute approximate surface area is 83.6 Å².